The Balaban J connectivity index is 1.24. The molecule has 2 aliphatic rings. The molecular weight excluding hydrogens is 565 g/mol. The van der Waals surface area contributed by atoms with Crippen molar-refractivity contribution in [3.8, 4) is 22.5 Å². The van der Waals surface area contributed by atoms with E-state index in [0.717, 1.165) is 47.6 Å². The molecule has 0 radical (unpaired) electrons. The third-order valence-corrected chi connectivity index (χ3v) is 10.9. The van der Waals surface area contributed by atoms with Gasteiger partial charge in [-0.15, -0.1) is 0 Å². The molecule has 0 aliphatic heterocycles. The topological polar surface area (TPSA) is 38.7 Å². The van der Waals surface area contributed by atoms with Crippen LogP contribution in [0.1, 0.15) is 44.8 Å². The van der Waals surface area contributed by atoms with E-state index >= 15 is 0 Å². The number of allylic oxidation sites excluding steroid dienone is 8. The molecule has 0 amide bonds. The Labute approximate surface area is 267 Å². The molecule has 4 heteroatoms. The molecule has 1 aromatic heterocycles. The van der Waals surface area contributed by atoms with Crippen molar-refractivity contribution in [3.05, 3.63) is 157 Å². The molecule has 7 rings (SSSR count). The summed E-state index contributed by atoms with van der Waals surface area (Å²) in [7, 11) is -0.643. The molecule has 0 fully saturated rings. The van der Waals surface area contributed by atoms with Crippen molar-refractivity contribution in [1.82, 2.24) is 15.0 Å². The van der Waals surface area contributed by atoms with E-state index in [4.69, 9.17) is 15.0 Å². The van der Waals surface area contributed by atoms with Crippen molar-refractivity contribution in [2.45, 2.75) is 33.1 Å². The van der Waals surface area contributed by atoms with Crippen molar-refractivity contribution in [3.63, 3.8) is 0 Å². The second-order valence-corrected chi connectivity index (χ2v) is 14.1. The van der Waals surface area contributed by atoms with Crippen LogP contribution in [0.5, 0.6) is 0 Å². The van der Waals surface area contributed by atoms with Gasteiger partial charge in [-0.1, -0.05) is 146 Å². The molecule has 0 saturated carbocycles. The van der Waals surface area contributed by atoms with Crippen LogP contribution in [0.2, 0.25) is 0 Å². The van der Waals surface area contributed by atoms with E-state index in [1.54, 1.807) is 0 Å². The lowest BCUT2D eigenvalue weighted by Gasteiger charge is -2.19. The molecule has 0 saturated heterocycles. The largest absolute Gasteiger partial charge is 0.209 e. The highest BCUT2D eigenvalue weighted by Crippen LogP contribution is 2.34. The highest BCUT2D eigenvalue weighted by atomic mass is 31.1. The van der Waals surface area contributed by atoms with Gasteiger partial charge >= 0.3 is 0 Å². The van der Waals surface area contributed by atoms with E-state index in [1.807, 2.05) is 0 Å². The smallest absolute Gasteiger partial charge is 0.164 e. The zero-order valence-corrected chi connectivity index (χ0v) is 26.7. The van der Waals surface area contributed by atoms with Crippen LogP contribution in [-0.4, -0.2) is 15.0 Å². The number of nitrogens with zero attached hydrogens (tertiary/aromatic N) is 3. The van der Waals surface area contributed by atoms with Gasteiger partial charge in [0.2, 0.25) is 0 Å². The first-order valence-corrected chi connectivity index (χ1v) is 17.1. The van der Waals surface area contributed by atoms with Crippen LogP contribution in [0.25, 0.3) is 33.7 Å². The molecule has 0 spiro atoms. The van der Waals surface area contributed by atoms with E-state index < -0.39 is 7.92 Å². The number of rotatable bonds is 7. The second kappa shape index (κ2) is 13.1. The summed E-state index contributed by atoms with van der Waals surface area (Å²) in [5.74, 6) is 2.76. The zero-order valence-electron chi connectivity index (χ0n) is 25.8. The van der Waals surface area contributed by atoms with Crippen LogP contribution in [0.4, 0.5) is 0 Å². The monoisotopic (exact) mass is 601 g/mol. The maximum absolute atomic E-state index is 5.03. The predicted octanol–water partition coefficient (Wildman–Crippen LogP) is 9.07. The van der Waals surface area contributed by atoms with Gasteiger partial charge in [-0.3, -0.25) is 0 Å². The minimum atomic E-state index is -0.643. The third kappa shape index (κ3) is 6.55. The Kier molecular flexibility index (Phi) is 8.45. The Hall–Kier alpha value is -4.72. The lowest BCUT2D eigenvalue weighted by atomic mass is 9.97. The van der Waals surface area contributed by atoms with Crippen molar-refractivity contribution in [2.75, 3.05) is 0 Å². The van der Waals surface area contributed by atoms with E-state index in [1.165, 1.54) is 32.6 Å². The Morgan fingerprint density at radius 1 is 0.600 bits per heavy atom. The number of hydrogen-bond acceptors (Lipinski definition) is 3. The Bertz CT molecular complexity index is 1900. The van der Waals surface area contributed by atoms with Crippen molar-refractivity contribution >= 4 is 35.0 Å². The molecule has 1 heterocycles. The average molecular weight is 602 g/mol. The van der Waals surface area contributed by atoms with Gasteiger partial charge in [0.15, 0.2) is 17.5 Å². The molecule has 1 atom stereocenters. The predicted molar refractivity (Wildman–Crippen MR) is 191 cm³/mol. The maximum atomic E-state index is 5.03. The maximum Gasteiger partial charge on any atom is 0.164 e. The van der Waals surface area contributed by atoms with Gasteiger partial charge in [0.25, 0.3) is 0 Å². The number of aromatic nitrogens is 3. The average Bonchev–Trinajstić information content (AvgIpc) is 3.10. The Morgan fingerprint density at radius 3 is 1.89 bits per heavy atom. The van der Waals surface area contributed by atoms with Gasteiger partial charge in [-0.05, 0) is 78.7 Å². The summed E-state index contributed by atoms with van der Waals surface area (Å²) < 4.78 is 0. The van der Waals surface area contributed by atoms with Gasteiger partial charge in [0, 0.05) is 11.1 Å². The van der Waals surface area contributed by atoms with E-state index in [9.17, 15) is 0 Å². The van der Waals surface area contributed by atoms with Gasteiger partial charge in [-0.2, -0.15) is 0 Å². The molecule has 5 aromatic rings. The van der Waals surface area contributed by atoms with Crippen LogP contribution in [-0.2, 0) is 0 Å². The molecule has 2 aliphatic carbocycles. The minimum Gasteiger partial charge on any atom is -0.209 e. The summed E-state index contributed by atoms with van der Waals surface area (Å²) in [6.45, 7) is 4.41. The fourth-order valence-corrected chi connectivity index (χ4v) is 8.12. The molecule has 3 nitrogen and oxygen atoms in total. The molecule has 220 valence electrons. The zero-order chi connectivity index (χ0) is 30.6. The molecule has 45 heavy (non-hydrogen) atoms. The SMILES string of the molecule is CC1=CC=C(c2nc(C3=CCC(C)C=C3)nc(-c3cccc(-c4ccc(P(c5ccccc5)c5ccccc5)cc4)c3)n2)CC1. The van der Waals surface area contributed by atoms with Crippen LogP contribution in [0.3, 0.4) is 0 Å². The molecule has 1 unspecified atom stereocenters. The summed E-state index contributed by atoms with van der Waals surface area (Å²) >= 11 is 0. The van der Waals surface area contributed by atoms with Crippen LogP contribution in [0, 0.1) is 5.92 Å². The summed E-state index contributed by atoms with van der Waals surface area (Å²) in [5.41, 5.74) is 6.94. The summed E-state index contributed by atoms with van der Waals surface area (Å²) in [6, 6.07) is 39.4. The Morgan fingerprint density at radius 2 is 1.24 bits per heavy atom. The molecular formula is C41H36N3P. The number of benzene rings is 4. The van der Waals surface area contributed by atoms with E-state index in [2.05, 4.69) is 153 Å². The summed E-state index contributed by atoms with van der Waals surface area (Å²) in [4.78, 5) is 15.0. The standard InChI is InChI=1S/C41H36N3P/c1-29-16-20-32(21-17-29)39-42-40(33-22-18-30(2)19-23-33)44-41(43-39)35-11-9-10-34(28-35)31-24-26-38(27-25-31)45(36-12-5-3-6-13-36)37-14-7-4-8-15-37/h3-16,18,20-22,24-29H,17,19,23H2,1-2H3. The van der Waals surface area contributed by atoms with Gasteiger partial charge in [0.05, 0.1) is 0 Å². The highest BCUT2D eigenvalue weighted by Gasteiger charge is 2.18. The first-order valence-electron chi connectivity index (χ1n) is 15.7. The van der Waals surface area contributed by atoms with Gasteiger partial charge in [0.1, 0.15) is 0 Å². The molecule has 0 bridgehead atoms. The van der Waals surface area contributed by atoms with Gasteiger partial charge < -0.3 is 0 Å². The second-order valence-electron chi connectivity index (χ2n) is 11.9. The minimum absolute atomic E-state index is 0.531. The van der Waals surface area contributed by atoms with E-state index in [0.29, 0.717) is 11.7 Å². The molecule has 0 N–H and O–H groups in total. The first-order chi connectivity index (χ1) is 22.1. The first kappa shape index (κ1) is 29.0. The van der Waals surface area contributed by atoms with Gasteiger partial charge in [-0.25, -0.2) is 15.0 Å². The fraction of sp³-hybridized carbons (Fsp3) is 0.146. The van der Waals surface area contributed by atoms with Crippen molar-refractivity contribution < 1.29 is 0 Å². The van der Waals surface area contributed by atoms with Crippen LogP contribution in [0.15, 0.2) is 145 Å². The number of hydrogen-bond donors (Lipinski definition) is 0. The summed E-state index contributed by atoms with van der Waals surface area (Å²) in [6.07, 6.45) is 14.0. The quantitative estimate of drug-likeness (QED) is 0.175. The highest BCUT2D eigenvalue weighted by molar-refractivity contribution is 7.79. The van der Waals surface area contributed by atoms with Crippen molar-refractivity contribution in [1.29, 1.82) is 0 Å². The third-order valence-electron chi connectivity index (χ3n) is 8.46. The van der Waals surface area contributed by atoms with Crippen molar-refractivity contribution in [2.24, 2.45) is 5.92 Å². The van der Waals surface area contributed by atoms with E-state index in [-0.39, 0.29) is 0 Å². The molecule has 4 aromatic carbocycles. The lowest BCUT2D eigenvalue weighted by molar-refractivity contribution is 0.738. The summed E-state index contributed by atoms with van der Waals surface area (Å²) in [5, 5.41) is 4.04. The fourth-order valence-electron chi connectivity index (χ4n) is 5.84. The van der Waals surface area contributed by atoms with Crippen LogP contribution >= 0.6 is 7.92 Å². The normalized spacial score (nSPS) is 16.2. The lowest BCUT2D eigenvalue weighted by Crippen LogP contribution is -2.20. The van der Waals surface area contributed by atoms with Crippen LogP contribution < -0.4 is 15.9 Å².